The molecule has 0 radical (unpaired) electrons. The molecule has 1 fully saturated rings. The molecule has 0 spiro atoms. The van der Waals surface area contributed by atoms with Gasteiger partial charge in [-0.3, -0.25) is 19.4 Å². The second kappa shape index (κ2) is 10.8. The van der Waals surface area contributed by atoms with Crippen LogP contribution in [0.4, 0.5) is 17.2 Å². The number of fused-ring (bicyclic) bond motifs is 1. The summed E-state index contributed by atoms with van der Waals surface area (Å²) in [4.78, 5) is 36.1. The SMILES string of the molecule is COc1ccc(/C=N\n2cnc3c(c2=O)S/C(=C2/SC(=S)N(c4ccc(C)cc4)C2=O)N3c2ccccc2)cc1. The molecule has 40 heavy (non-hydrogen) atoms. The molecule has 0 N–H and O–H groups in total. The topological polar surface area (TPSA) is 80.0 Å². The fraction of sp³-hybridized carbons (Fsp3) is 0.0690. The van der Waals surface area contributed by atoms with Crippen LogP contribution in [-0.4, -0.2) is 33.2 Å². The van der Waals surface area contributed by atoms with E-state index in [4.69, 9.17) is 17.0 Å². The highest BCUT2D eigenvalue weighted by Crippen LogP contribution is 2.52. The number of methoxy groups -OCH3 is 1. The number of hydrogen-bond acceptors (Lipinski definition) is 9. The first-order chi connectivity index (χ1) is 19.4. The van der Waals surface area contributed by atoms with E-state index >= 15 is 0 Å². The summed E-state index contributed by atoms with van der Waals surface area (Å²) in [5.74, 6) is 0.923. The number of aromatic nitrogens is 2. The van der Waals surface area contributed by atoms with E-state index in [2.05, 4.69) is 10.1 Å². The largest absolute Gasteiger partial charge is 0.497 e. The van der Waals surface area contributed by atoms with Gasteiger partial charge in [-0.2, -0.15) is 9.78 Å². The number of thiocarbonyl (C=S) groups is 1. The Bertz CT molecular complexity index is 1750. The molecular weight excluding hydrogens is 563 g/mol. The molecule has 198 valence electrons. The minimum atomic E-state index is -0.343. The van der Waals surface area contributed by atoms with Gasteiger partial charge in [-0.15, -0.1) is 0 Å². The first-order valence-electron chi connectivity index (χ1n) is 12.1. The molecule has 0 aliphatic carbocycles. The van der Waals surface area contributed by atoms with Crippen LogP contribution < -0.4 is 20.1 Å². The quantitative estimate of drug-likeness (QED) is 0.163. The Kier molecular flexibility index (Phi) is 7.01. The monoisotopic (exact) mass is 583 g/mol. The van der Waals surface area contributed by atoms with Crippen molar-refractivity contribution in [1.29, 1.82) is 0 Å². The minimum Gasteiger partial charge on any atom is -0.497 e. The van der Waals surface area contributed by atoms with Gasteiger partial charge in [0.25, 0.3) is 11.5 Å². The van der Waals surface area contributed by atoms with Crippen LogP contribution in [0, 0.1) is 6.92 Å². The van der Waals surface area contributed by atoms with Crippen LogP contribution in [0.2, 0.25) is 0 Å². The van der Waals surface area contributed by atoms with Crippen molar-refractivity contribution in [3.63, 3.8) is 0 Å². The molecule has 4 aromatic rings. The summed E-state index contributed by atoms with van der Waals surface area (Å²) >= 11 is 8.04. The Morgan fingerprint density at radius 3 is 2.30 bits per heavy atom. The number of rotatable bonds is 5. The second-order valence-electron chi connectivity index (χ2n) is 8.82. The molecule has 3 heterocycles. The molecule has 0 bridgehead atoms. The lowest BCUT2D eigenvalue weighted by atomic mass is 10.2. The zero-order valence-electron chi connectivity index (χ0n) is 21.3. The number of anilines is 3. The first-order valence-corrected chi connectivity index (χ1v) is 14.2. The summed E-state index contributed by atoms with van der Waals surface area (Å²) < 4.78 is 6.81. The van der Waals surface area contributed by atoms with Crippen molar-refractivity contribution in [3.05, 3.63) is 117 Å². The van der Waals surface area contributed by atoms with E-state index in [1.807, 2.05) is 90.7 Å². The molecule has 11 heteroatoms. The van der Waals surface area contributed by atoms with E-state index in [1.165, 1.54) is 39.4 Å². The Morgan fingerprint density at radius 2 is 1.60 bits per heavy atom. The Labute approximate surface area is 244 Å². The zero-order chi connectivity index (χ0) is 27.8. The summed E-state index contributed by atoms with van der Waals surface area (Å²) in [5.41, 5.74) is 3.01. The molecular formula is C29H21N5O3S3. The third-order valence-corrected chi connectivity index (χ3v) is 8.86. The molecule has 1 aromatic heterocycles. The predicted molar refractivity (Wildman–Crippen MR) is 165 cm³/mol. The van der Waals surface area contributed by atoms with Gasteiger partial charge in [0, 0.05) is 5.69 Å². The average molecular weight is 584 g/mol. The van der Waals surface area contributed by atoms with Crippen LogP contribution in [-0.2, 0) is 4.79 Å². The number of ether oxygens (including phenoxy) is 1. The number of benzene rings is 3. The summed E-state index contributed by atoms with van der Waals surface area (Å²) in [7, 11) is 1.60. The number of nitrogens with zero attached hydrogens (tertiary/aromatic N) is 5. The van der Waals surface area contributed by atoms with E-state index < -0.39 is 0 Å². The summed E-state index contributed by atoms with van der Waals surface area (Å²) in [6, 6.07) is 24.5. The Morgan fingerprint density at radius 1 is 0.900 bits per heavy atom. The van der Waals surface area contributed by atoms with Crippen molar-refractivity contribution in [1.82, 2.24) is 9.66 Å². The number of amides is 1. The maximum absolute atomic E-state index is 13.8. The highest BCUT2D eigenvalue weighted by Gasteiger charge is 2.42. The van der Waals surface area contributed by atoms with Gasteiger partial charge in [0.15, 0.2) is 10.1 Å². The van der Waals surface area contributed by atoms with E-state index in [9.17, 15) is 9.59 Å². The van der Waals surface area contributed by atoms with E-state index in [-0.39, 0.29) is 11.5 Å². The third kappa shape index (κ3) is 4.72. The first kappa shape index (κ1) is 26.1. The van der Waals surface area contributed by atoms with Gasteiger partial charge < -0.3 is 4.74 Å². The lowest BCUT2D eigenvalue weighted by Gasteiger charge is -2.20. The standard InChI is InChI=1S/C29H21N5O3S3/c1-18-8-12-21(13-9-18)34-27(36)24(40-29(34)38)28-33(20-6-4-3-5-7-20)25-23(39-28)26(35)32(17-30-25)31-16-19-10-14-22(37-2)15-11-19/h3-17H,1-2H3/b28-24+,31-16-. The fourth-order valence-electron chi connectivity index (χ4n) is 4.19. The molecule has 6 rings (SSSR count). The van der Waals surface area contributed by atoms with Crippen molar-refractivity contribution >= 4 is 69.4 Å². The highest BCUT2D eigenvalue weighted by molar-refractivity contribution is 8.27. The van der Waals surface area contributed by atoms with Crippen molar-refractivity contribution in [2.75, 3.05) is 16.9 Å². The van der Waals surface area contributed by atoms with Gasteiger partial charge in [0.05, 0.1) is 19.0 Å². The van der Waals surface area contributed by atoms with Crippen LogP contribution in [0.3, 0.4) is 0 Å². The Balaban J connectivity index is 1.41. The molecule has 2 aliphatic heterocycles. The lowest BCUT2D eigenvalue weighted by molar-refractivity contribution is -0.113. The van der Waals surface area contributed by atoms with Gasteiger partial charge in [-0.25, -0.2) is 4.98 Å². The lowest BCUT2D eigenvalue weighted by Crippen LogP contribution is -2.28. The van der Waals surface area contributed by atoms with Gasteiger partial charge in [-0.05, 0) is 61.0 Å². The normalized spacial score (nSPS) is 16.8. The number of aryl methyl sites for hydroxylation is 1. The van der Waals surface area contributed by atoms with Crippen molar-refractivity contribution < 1.29 is 9.53 Å². The Hall–Kier alpha value is -4.19. The molecule has 0 saturated carbocycles. The summed E-state index contributed by atoms with van der Waals surface area (Å²) in [5, 5.41) is 4.92. The van der Waals surface area contributed by atoms with Gasteiger partial charge in [-0.1, -0.05) is 71.6 Å². The van der Waals surface area contributed by atoms with Crippen molar-refractivity contribution in [3.8, 4) is 5.75 Å². The van der Waals surface area contributed by atoms with Crippen LogP contribution in [0.1, 0.15) is 11.1 Å². The second-order valence-corrected chi connectivity index (χ2v) is 11.5. The smallest absolute Gasteiger partial charge is 0.290 e. The van der Waals surface area contributed by atoms with Crippen LogP contribution >= 0.6 is 35.7 Å². The zero-order valence-corrected chi connectivity index (χ0v) is 23.8. The van der Waals surface area contributed by atoms with Gasteiger partial charge >= 0.3 is 0 Å². The number of carbonyl (C=O) groups is 1. The van der Waals surface area contributed by atoms with E-state index in [1.54, 1.807) is 13.3 Å². The van der Waals surface area contributed by atoms with E-state index in [0.717, 1.165) is 22.6 Å². The third-order valence-electron chi connectivity index (χ3n) is 6.23. The number of thioether (sulfide) groups is 2. The van der Waals surface area contributed by atoms with Crippen molar-refractivity contribution in [2.45, 2.75) is 11.8 Å². The number of carbonyl (C=O) groups excluding carboxylic acids is 1. The molecule has 0 unspecified atom stereocenters. The molecule has 0 atom stereocenters. The summed E-state index contributed by atoms with van der Waals surface area (Å²) in [6.07, 6.45) is 2.97. The van der Waals surface area contributed by atoms with Crippen LogP contribution in [0.25, 0.3) is 0 Å². The van der Waals surface area contributed by atoms with E-state index in [0.29, 0.717) is 30.7 Å². The van der Waals surface area contributed by atoms with Crippen LogP contribution in [0.5, 0.6) is 5.75 Å². The average Bonchev–Trinajstić information content (AvgIpc) is 3.51. The molecule has 1 saturated heterocycles. The molecule has 3 aromatic carbocycles. The van der Waals surface area contributed by atoms with Crippen molar-refractivity contribution in [2.24, 2.45) is 5.10 Å². The molecule has 2 aliphatic rings. The fourth-order valence-corrected chi connectivity index (χ4v) is 6.76. The summed E-state index contributed by atoms with van der Waals surface area (Å²) in [6.45, 7) is 1.99. The molecule has 8 nitrogen and oxygen atoms in total. The number of hydrogen-bond donors (Lipinski definition) is 0. The maximum Gasteiger partial charge on any atom is 0.290 e. The molecule has 1 amide bonds. The maximum atomic E-state index is 13.8. The number of para-hydroxylation sites is 1. The minimum absolute atomic E-state index is 0.243. The highest BCUT2D eigenvalue weighted by atomic mass is 32.2. The van der Waals surface area contributed by atoms with Crippen LogP contribution in [0.15, 0.2) is 110 Å². The van der Waals surface area contributed by atoms with Gasteiger partial charge in [0.2, 0.25) is 0 Å². The predicted octanol–water partition coefficient (Wildman–Crippen LogP) is 5.92. The van der Waals surface area contributed by atoms with Gasteiger partial charge in [0.1, 0.15) is 26.9 Å².